The molecule has 0 aromatic heterocycles. The van der Waals surface area contributed by atoms with E-state index in [0.717, 1.165) is 32.2 Å². The molecule has 1 saturated heterocycles. The van der Waals surface area contributed by atoms with Crippen LogP contribution in [0.15, 0.2) is 0 Å². The lowest BCUT2D eigenvalue weighted by molar-refractivity contribution is 0.0109. The summed E-state index contributed by atoms with van der Waals surface area (Å²) < 4.78 is 5.40. The molecule has 2 heteroatoms. The number of hydrogen-bond acceptors (Lipinski definition) is 2. The number of nitrogens with zero attached hydrogens (tertiary/aromatic N) is 1. The average molecular weight is 227 g/mol. The third-order valence-electron chi connectivity index (χ3n) is 4.61. The molecule has 0 N–H and O–H groups in total. The summed E-state index contributed by atoms with van der Waals surface area (Å²) in [5.41, 5.74) is 0.473. The first-order valence-corrected chi connectivity index (χ1v) is 6.79. The van der Waals surface area contributed by atoms with Gasteiger partial charge < -0.3 is 4.74 Å². The SMILES string of the molecule is CCC(C)(C)C(C)CC(C)N1CCOCC1. The summed E-state index contributed by atoms with van der Waals surface area (Å²) in [6.45, 7) is 15.9. The first-order chi connectivity index (χ1) is 7.47. The summed E-state index contributed by atoms with van der Waals surface area (Å²) in [6, 6.07) is 0.699. The summed E-state index contributed by atoms with van der Waals surface area (Å²) in [4.78, 5) is 2.58. The van der Waals surface area contributed by atoms with E-state index in [-0.39, 0.29) is 0 Å². The Bertz CT molecular complexity index is 197. The normalized spacial score (nSPS) is 23.1. The van der Waals surface area contributed by atoms with E-state index >= 15 is 0 Å². The summed E-state index contributed by atoms with van der Waals surface area (Å²) in [5, 5.41) is 0. The van der Waals surface area contributed by atoms with Crippen molar-refractivity contribution in [2.45, 2.75) is 53.5 Å². The Morgan fingerprint density at radius 1 is 1.19 bits per heavy atom. The van der Waals surface area contributed by atoms with Gasteiger partial charge in [0.2, 0.25) is 0 Å². The molecule has 2 nitrogen and oxygen atoms in total. The van der Waals surface area contributed by atoms with Crippen LogP contribution in [-0.2, 0) is 4.74 Å². The summed E-state index contributed by atoms with van der Waals surface area (Å²) in [7, 11) is 0. The largest absolute Gasteiger partial charge is 0.379 e. The average Bonchev–Trinajstić information content (AvgIpc) is 2.30. The molecule has 1 aliphatic rings. The van der Waals surface area contributed by atoms with Crippen LogP contribution in [-0.4, -0.2) is 37.2 Å². The highest BCUT2D eigenvalue weighted by Gasteiger charge is 2.27. The molecule has 2 atom stereocenters. The Labute approximate surface area is 101 Å². The molecule has 0 saturated carbocycles. The van der Waals surface area contributed by atoms with Crippen LogP contribution in [0.2, 0.25) is 0 Å². The van der Waals surface area contributed by atoms with Crippen LogP contribution in [0.25, 0.3) is 0 Å². The van der Waals surface area contributed by atoms with Gasteiger partial charge in [-0.15, -0.1) is 0 Å². The fourth-order valence-corrected chi connectivity index (χ4v) is 2.35. The maximum atomic E-state index is 5.40. The van der Waals surface area contributed by atoms with E-state index < -0.39 is 0 Å². The van der Waals surface area contributed by atoms with Crippen LogP contribution in [0.1, 0.15) is 47.5 Å². The molecule has 0 amide bonds. The van der Waals surface area contributed by atoms with Crippen molar-refractivity contribution in [1.29, 1.82) is 0 Å². The van der Waals surface area contributed by atoms with Crippen molar-refractivity contribution < 1.29 is 4.74 Å². The van der Waals surface area contributed by atoms with Crippen LogP contribution in [0.4, 0.5) is 0 Å². The van der Waals surface area contributed by atoms with E-state index in [0.29, 0.717) is 11.5 Å². The Kier molecular flexibility index (Phi) is 5.26. The van der Waals surface area contributed by atoms with E-state index in [2.05, 4.69) is 39.5 Å². The Morgan fingerprint density at radius 3 is 2.25 bits per heavy atom. The minimum atomic E-state index is 0.473. The van der Waals surface area contributed by atoms with Crippen molar-refractivity contribution in [3.63, 3.8) is 0 Å². The molecule has 96 valence electrons. The van der Waals surface area contributed by atoms with Crippen LogP contribution in [0, 0.1) is 11.3 Å². The zero-order valence-electron chi connectivity index (χ0n) is 11.8. The van der Waals surface area contributed by atoms with Gasteiger partial charge in [0.05, 0.1) is 13.2 Å². The van der Waals surface area contributed by atoms with Crippen molar-refractivity contribution in [3.05, 3.63) is 0 Å². The van der Waals surface area contributed by atoms with Gasteiger partial charge in [-0.3, -0.25) is 4.90 Å². The topological polar surface area (TPSA) is 12.5 Å². The fourth-order valence-electron chi connectivity index (χ4n) is 2.35. The van der Waals surface area contributed by atoms with E-state index in [1.807, 2.05) is 0 Å². The van der Waals surface area contributed by atoms with Crippen molar-refractivity contribution in [1.82, 2.24) is 4.90 Å². The van der Waals surface area contributed by atoms with Gasteiger partial charge in [0.1, 0.15) is 0 Å². The van der Waals surface area contributed by atoms with E-state index in [9.17, 15) is 0 Å². The Morgan fingerprint density at radius 2 is 1.75 bits per heavy atom. The molecule has 0 aromatic carbocycles. The van der Waals surface area contributed by atoms with Gasteiger partial charge in [0, 0.05) is 19.1 Å². The van der Waals surface area contributed by atoms with E-state index in [4.69, 9.17) is 4.74 Å². The highest BCUT2D eigenvalue weighted by molar-refractivity contribution is 4.79. The van der Waals surface area contributed by atoms with Gasteiger partial charge >= 0.3 is 0 Å². The van der Waals surface area contributed by atoms with E-state index in [1.165, 1.54) is 12.8 Å². The summed E-state index contributed by atoms with van der Waals surface area (Å²) in [5.74, 6) is 0.787. The number of rotatable bonds is 5. The lowest BCUT2D eigenvalue weighted by Gasteiger charge is -2.38. The first-order valence-electron chi connectivity index (χ1n) is 6.79. The lowest BCUT2D eigenvalue weighted by Crippen LogP contribution is -2.43. The summed E-state index contributed by atoms with van der Waals surface area (Å²) in [6.07, 6.45) is 2.57. The minimum absolute atomic E-state index is 0.473. The maximum Gasteiger partial charge on any atom is 0.0594 e. The molecule has 1 heterocycles. The highest BCUT2D eigenvalue weighted by Crippen LogP contribution is 2.33. The Balaban J connectivity index is 2.40. The van der Waals surface area contributed by atoms with Gasteiger partial charge in [-0.25, -0.2) is 0 Å². The predicted octanol–water partition coefficient (Wildman–Crippen LogP) is 3.17. The molecular weight excluding hydrogens is 198 g/mol. The van der Waals surface area contributed by atoms with Crippen molar-refractivity contribution >= 4 is 0 Å². The zero-order chi connectivity index (χ0) is 12.2. The molecule has 2 unspecified atom stereocenters. The molecule has 0 aliphatic carbocycles. The molecule has 1 fully saturated rings. The molecule has 0 spiro atoms. The first kappa shape index (κ1) is 14.0. The van der Waals surface area contributed by atoms with Gasteiger partial charge in [-0.05, 0) is 24.7 Å². The predicted molar refractivity (Wildman–Crippen MR) is 69.7 cm³/mol. The molecule has 1 aliphatic heterocycles. The Hall–Kier alpha value is -0.0800. The highest BCUT2D eigenvalue weighted by atomic mass is 16.5. The molecule has 0 aromatic rings. The maximum absolute atomic E-state index is 5.40. The second kappa shape index (κ2) is 6.02. The van der Waals surface area contributed by atoms with Crippen LogP contribution < -0.4 is 0 Å². The molecular formula is C14H29NO. The minimum Gasteiger partial charge on any atom is -0.379 e. The van der Waals surface area contributed by atoms with Crippen molar-refractivity contribution in [2.75, 3.05) is 26.3 Å². The monoisotopic (exact) mass is 227 g/mol. The number of morpholine rings is 1. The third-order valence-corrected chi connectivity index (χ3v) is 4.61. The molecule has 1 rings (SSSR count). The van der Waals surface area contributed by atoms with E-state index in [1.54, 1.807) is 0 Å². The second-order valence-corrected chi connectivity index (χ2v) is 5.98. The molecule has 16 heavy (non-hydrogen) atoms. The standard InChI is InChI=1S/C14H29NO/c1-6-14(4,5)12(2)11-13(3)15-7-9-16-10-8-15/h12-13H,6-11H2,1-5H3. The number of hydrogen-bond donors (Lipinski definition) is 0. The molecule has 0 bridgehead atoms. The molecule has 0 radical (unpaired) electrons. The van der Waals surface area contributed by atoms with Crippen LogP contribution >= 0.6 is 0 Å². The smallest absolute Gasteiger partial charge is 0.0594 e. The van der Waals surface area contributed by atoms with Crippen molar-refractivity contribution in [2.24, 2.45) is 11.3 Å². The summed E-state index contributed by atoms with van der Waals surface area (Å²) >= 11 is 0. The van der Waals surface area contributed by atoms with Gasteiger partial charge in [0.25, 0.3) is 0 Å². The van der Waals surface area contributed by atoms with Gasteiger partial charge in [-0.2, -0.15) is 0 Å². The van der Waals surface area contributed by atoms with Crippen LogP contribution in [0.3, 0.4) is 0 Å². The number of ether oxygens (including phenoxy) is 1. The van der Waals surface area contributed by atoms with Crippen molar-refractivity contribution in [3.8, 4) is 0 Å². The second-order valence-electron chi connectivity index (χ2n) is 5.98. The van der Waals surface area contributed by atoms with Gasteiger partial charge in [0.15, 0.2) is 0 Å². The van der Waals surface area contributed by atoms with Gasteiger partial charge in [-0.1, -0.05) is 34.1 Å². The quantitative estimate of drug-likeness (QED) is 0.715. The zero-order valence-corrected chi connectivity index (χ0v) is 11.8. The lowest BCUT2D eigenvalue weighted by atomic mass is 9.75. The third kappa shape index (κ3) is 3.74. The van der Waals surface area contributed by atoms with Crippen LogP contribution in [0.5, 0.6) is 0 Å². The fraction of sp³-hybridized carbons (Fsp3) is 1.00.